The summed E-state index contributed by atoms with van der Waals surface area (Å²) in [6.45, 7) is 6.88. The fraction of sp³-hybridized carbons (Fsp3) is 0.818. The lowest BCUT2D eigenvalue weighted by molar-refractivity contribution is -0.146. The van der Waals surface area contributed by atoms with Gasteiger partial charge in [-0.25, -0.2) is 0 Å². The van der Waals surface area contributed by atoms with Crippen molar-refractivity contribution in [1.82, 2.24) is 0 Å². The van der Waals surface area contributed by atoms with E-state index in [1.165, 1.54) is 0 Å². The average Bonchev–Trinajstić information content (AvgIpc) is 2.59. The van der Waals surface area contributed by atoms with E-state index in [0.717, 1.165) is 38.5 Å². The number of aliphatic carboxylic acids is 2. The molecule has 0 aliphatic rings. The van der Waals surface area contributed by atoms with Crippen molar-refractivity contribution >= 4 is 23.5 Å². The lowest BCUT2D eigenvalue weighted by atomic mass is 9.57. The first kappa shape index (κ1) is 26.3. The molecule has 0 aromatic carbocycles. The summed E-state index contributed by atoms with van der Waals surface area (Å²) >= 11 is 0. The van der Waals surface area contributed by atoms with Crippen molar-refractivity contribution in [2.24, 2.45) is 10.8 Å². The molecular weight excluding hydrogens is 360 g/mol. The fourth-order valence-corrected chi connectivity index (χ4v) is 3.90. The van der Waals surface area contributed by atoms with E-state index >= 15 is 0 Å². The third-order valence-electron chi connectivity index (χ3n) is 6.41. The number of ketones is 2. The third-order valence-corrected chi connectivity index (χ3v) is 6.41. The van der Waals surface area contributed by atoms with Gasteiger partial charge in [-0.1, -0.05) is 52.4 Å². The molecule has 0 spiro atoms. The molecule has 2 atom stereocenters. The third kappa shape index (κ3) is 8.53. The van der Waals surface area contributed by atoms with E-state index in [9.17, 15) is 19.2 Å². The van der Waals surface area contributed by atoms with Gasteiger partial charge in [0.25, 0.3) is 0 Å². The van der Waals surface area contributed by atoms with E-state index in [2.05, 4.69) is 0 Å². The van der Waals surface area contributed by atoms with E-state index in [1.807, 2.05) is 13.8 Å². The summed E-state index contributed by atoms with van der Waals surface area (Å²) < 4.78 is 0. The lowest BCUT2D eigenvalue weighted by Gasteiger charge is -2.44. The molecule has 0 aliphatic carbocycles. The first-order valence-electron chi connectivity index (χ1n) is 10.4. The molecule has 0 aromatic rings. The second kappa shape index (κ2) is 12.7. The predicted octanol–water partition coefficient (Wildman–Crippen LogP) is 5.03. The summed E-state index contributed by atoms with van der Waals surface area (Å²) in [4.78, 5) is 46.2. The number of Topliss-reactive ketones (excluding diaryl/α,β-unsaturated/α-hetero) is 2. The molecule has 0 radical (unpaired) electrons. The standard InChI is InChI=1S/C22H38O6/c1-17(23)21(3,15-11-7-5-9-13-19(25)26)22(4,18(2)24)16-12-8-6-10-14-20(27)28/h5-16H2,1-4H3,(H,25,26)(H,27,28). The topological polar surface area (TPSA) is 109 Å². The predicted molar refractivity (Wildman–Crippen MR) is 108 cm³/mol. The van der Waals surface area contributed by atoms with Crippen LogP contribution >= 0.6 is 0 Å². The molecule has 0 aromatic heterocycles. The molecule has 6 heteroatoms. The molecule has 0 amide bonds. The van der Waals surface area contributed by atoms with Crippen LogP contribution in [-0.4, -0.2) is 33.7 Å². The summed E-state index contributed by atoms with van der Waals surface area (Å²) in [5.41, 5.74) is -1.49. The molecule has 0 saturated carbocycles. The van der Waals surface area contributed by atoms with Crippen LogP contribution in [0.2, 0.25) is 0 Å². The van der Waals surface area contributed by atoms with E-state index in [0.29, 0.717) is 25.7 Å². The maximum absolute atomic E-state index is 12.5. The summed E-state index contributed by atoms with van der Waals surface area (Å²) in [5.74, 6) is -1.55. The molecule has 2 N–H and O–H groups in total. The highest BCUT2D eigenvalue weighted by molar-refractivity contribution is 5.92. The minimum atomic E-state index is -0.791. The van der Waals surface area contributed by atoms with Gasteiger partial charge in [0.15, 0.2) is 0 Å². The van der Waals surface area contributed by atoms with Crippen LogP contribution < -0.4 is 0 Å². The van der Waals surface area contributed by atoms with Crippen LogP contribution in [0.1, 0.15) is 105 Å². The molecule has 0 saturated heterocycles. The molecule has 0 bridgehead atoms. The van der Waals surface area contributed by atoms with Crippen LogP contribution in [0, 0.1) is 10.8 Å². The van der Waals surface area contributed by atoms with Gasteiger partial charge in [0, 0.05) is 23.7 Å². The van der Waals surface area contributed by atoms with Gasteiger partial charge in [0.2, 0.25) is 0 Å². The molecule has 0 aliphatic heterocycles. The Morgan fingerprint density at radius 2 is 0.857 bits per heavy atom. The largest absolute Gasteiger partial charge is 0.481 e. The number of carbonyl (C=O) groups excluding carboxylic acids is 2. The Balaban J connectivity index is 4.79. The molecular formula is C22H38O6. The molecule has 6 nitrogen and oxygen atoms in total. The van der Waals surface area contributed by atoms with Crippen molar-refractivity contribution in [3.63, 3.8) is 0 Å². The molecule has 2 unspecified atom stereocenters. The van der Waals surface area contributed by atoms with Crippen molar-refractivity contribution in [2.45, 2.75) is 105 Å². The van der Waals surface area contributed by atoms with Crippen molar-refractivity contribution < 1.29 is 29.4 Å². The highest BCUT2D eigenvalue weighted by Gasteiger charge is 2.50. The molecule has 0 rings (SSSR count). The van der Waals surface area contributed by atoms with E-state index in [1.54, 1.807) is 13.8 Å². The first-order valence-corrected chi connectivity index (χ1v) is 10.4. The van der Waals surface area contributed by atoms with Crippen molar-refractivity contribution in [1.29, 1.82) is 0 Å². The van der Waals surface area contributed by atoms with Crippen LogP contribution in [0.15, 0.2) is 0 Å². The van der Waals surface area contributed by atoms with E-state index in [4.69, 9.17) is 10.2 Å². The average molecular weight is 399 g/mol. The van der Waals surface area contributed by atoms with E-state index < -0.39 is 22.8 Å². The first-order chi connectivity index (χ1) is 13.0. The summed E-state index contributed by atoms with van der Waals surface area (Å²) in [5, 5.41) is 17.4. The quantitative estimate of drug-likeness (QED) is 0.333. The van der Waals surface area contributed by atoms with Gasteiger partial charge in [-0.2, -0.15) is 0 Å². The molecule has 162 valence electrons. The van der Waals surface area contributed by atoms with Gasteiger partial charge in [0.05, 0.1) is 0 Å². The fourth-order valence-electron chi connectivity index (χ4n) is 3.90. The number of hydrogen-bond donors (Lipinski definition) is 2. The van der Waals surface area contributed by atoms with E-state index in [-0.39, 0.29) is 24.4 Å². The Morgan fingerprint density at radius 1 is 0.571 bits per heavy atom. The summed E-state index contributed by atoms with van der Waals surface area (Å²) in [6, 6.07) is 0. The normalized spacial score (nSPS) is 15.4. The van der Waals surface area contributed by atoms with Gasteiger partial charge in [-0.05, 0) is 39.5 Å². The van der Waals surface area contributed by atoms with Gasteiger partial charge in [-0.15, -0.1) is 0 Å². The Bertz CT molecular complexity index is 493. The summed E-state index contributed by atoms with van der Waals surface area (Å²) in [6.07, 6.45) is 7.70. The Labute approximate surface area is 169 Å². The maximum atomic E-state index is 12.5. The van der Waals surface area contributed by atoms with Crippen LogP contribution in [-0.2, 0) is 19.2 Å². The van der Waals surface area contributed by atoms with Gasteiger partial charge in [-0.3, -0.25) is 19.2 Å². The number of unbranched alkanes of at least 4 members (excludes halogenated alkanes) is 6. The highest BCUT2D eigenvalue weighted by atomic mass is 16.4. The van der Waals surface area contributed by atoms with Crippen LogP contribution in [0.25, 0.3) is 0 Å². The highest BCUT2D eigenvalue weighted by Crippen LogP contribution is 2.48. The van der Waals surface area contributed by atoms with Crippen LogP contribution in [0.4, 0.5) is 0 Å². The zero-order valence-electron chi connectivity index (χ0n) is 18.0. The Morgan fingerprint density at radius 3 is 1.11 bits per heavy atom. The van der Waals surface area contributed by atoms with Gasteiger partial charge < -0.3 is 10.2 Å². The Hall–Kier alpha value is -1.72. The molecule has 28 heavy (non-hydrogen) atoms. The van der Waals surface area contributed by atoms with Crippen LogP contribution in [0.5, 0.6) is 0 Å². The van der Waals surface area contributed by atoms with Crippen molar-refractivity contribution in [3.8, 4) is 0 Å². The minimum absolute atomic E-state index is 0.0154. The number of carboxylic acids is 2. The zero-order valence-corrected chi connectivity index (χ0v) is 18.0. The minimum Gasteiger partial charge on any atom is -0.481 e. The number of hydrogen-bond acceptors (Lipinski definition) is 4. The second-order valence-corrected chi connectivity index (χ2v) is 8.39. The second-order valence-electron chi connectivity index (χ2n) is 8.39. The summed E-state index contributed by atoms with van der Waals surface area (Å²) in [7, 11) is 0. The monoisotopic (exact) mass is 398 g/mol. The SMILES string of the molecule is CC(=O)C(C)(CCCCCCC(=O)O)C(C)(CCCCCCC(=O)O)C(C)=O. The molecule has 0 fully saturated rings. The zero-order chi connectivity index (χ0) is 21.8. The number of carbonyl (C=O) groups is 4. The Kier molecular flexibility index (Phi) is 11.9. The number of carboxylic acid groups (broad SMARTS) is 2. The lowest BCUT2D eigenvalue weighted by Crippen LogP contribution is -2.47. The van der Waals surface area contributed by atoms with Crippen LogP contribution in [0.3, 0.4) is 0 Å². The number of rotatable bonds is 17. The van der Waals surface area contributed by atoms with Gasteiger partial charge >= 0.3 is 11.9 Å². The van der Waals surface area contributed by atoms with Crippen molar-refractivity contribution in [3.05, 3.63) is 0 Å². The van der Waals surface area contributed by atoms with Crippen molar-refractivity contribution in [2.75, 3.05) is 0 Å². The van der Waals surface area contributed by atoms with Gasteiger partial charge in [0.1, 0.15) is 11.6 Å². The smallest absolute Gasteiger partial charge is 0.303 e. The maximum Gasteiger partial charge on any atom is 0.303 e. The molecule has 0 heterocycles.